The number of anilines is 1. The molecule has 22 heavy (non-hydrogen) atoms. The van der Waals surface area contributed by atoms with Crippen LogP contribution in [-0.2, 0) is 11.3 Å². The van der Waals surface area contributed by atoms with E-state index in [1.54, 1.807) is 12.1 Å². The minimum Gasteiger partial charge on any atom is -0.486 e. The Balaban J connectivity index is 2.19. The Labute approximate surface area is 142 Å². The molecule has 1 N–H and O–H groups in total. The van der Waals surface area contributed by atoms with E-state index in [2.05, 4.69) is 21.2 Å². The summed E-state index contributed by atoms with van der Waals surface area (Å²) in [7, 11) is 1.49. The number of halogens is 2. The molecule has 116 valence electrons. The van der Waals surface area contributed by atoms with E-state index in [9.17, 15) is 4.39 Å². The SMILES string of the molecule is COC(=S)Nc1cccc(Br)c1COc1ccc(C)cc1F. The van der Waals surface area contributed by atoms with Gasteiger partial charge in [-0.1, -0.05) is 28.1 Å². The molecule has 6 heteroatoms. The fourth-order valence-corrected chi connectivity index (χ4v) is 2.45. The van der Waals surface area contributed by atoms with Crippen molar-refractivity contribution in [3.05, 3.63) is 57.8 Å². The van der Waals surface area contributed by atoms with Crippen molar-refractivity contribution in [1.82, 2.24) is 0 Å². The van der Waals surface area contributed by atoms with Gasteiger partial charge in [-0.15, -0.1) is 0 Å². The Morgan fingerprint density at radius 3 is 2.77 bits per heavy atom. The van der Waals surface area contributed by atoms with Crippen LogP contribution in [0.15, 0.2) is 40.9 Å². The number of hydrogen-bond donors (Lipinski definition) is 1. The zero-order valence-electron chi connectivity index (χ0n) is 12.2. The summed E-state index contributed by atoms with van der Waals surface area (Å²) in [6.45, 7) is 2.02. The van der Waals surface area contributed by atoms with Gasteiger partial charge in [0.05, 0.1) is 7.11 Å². The number of rotatable bonds is 4. The van der Waals surface area contributed by atoms with Gasteiger partial charge >= 0.3 is 0 Å². The van der Waals surface area contributed by atoms with E-state index in [1.165, 1.54) is 13.2 Å². The molecule has 3 nitrogen and oxygen atoms in total. The number of benzene rings is 2. The summed E-state index contributed by atoms with van der Waals surface area (Å²) in [5.74, 6) is -0.171. The fourth-order valence-electron chi connectivity index (χ4n) is 1.86. The first kappa shape index (κ1) is 16.7. The molecule has 0 fully saturated rings. The second kappa shape index (κ2) is 7.56. The fraction of sp³-hybridized carbons (Fsp3) is 0.188. The zero-order valence-corrected chi connectivity index (χ0v) is 14.6. The number of hydrogen-bond acceptors (Lipinski definition) is 3. The molecule has 0 heterocycles. The summed E-state index contributed by atoms with van der Waals surface area (Å²) in [6.07, 6.45) is 0. The summed E-state index contributed by atoms with van der Waals surface area (Å²) in [5, 5.41) is 3.22. The Morgan fingerprint density at radius 2 is 2.09 bits per heavy atom. The maximum absolute atomic E-state index is 13.8. The van der Waals surface area contributed by atoms with Gasteiger partial charge in [0.15, 0.2) is 11.6 Å². The predicted molar refractivity (Wildman–Crippen MR) is 92.8 cm³/mol. The lowest BCUT2D eigenvalue weighted by Crippen LogP contribution is -2.13. The molecule has 0 radical (unpaired) electrons. The molecule has 0 amide bonds. The van der Waals surface area contributed by atoms with Gasteiger partial charge in [0.2, 0.25) is 0 Å². The minimum atomic E-state index is -0.381. The molecule has 0 atom stereocenters. The molecule has 0 saturated heterocycles. The summed E-state index contributed by atoms with van der Waals surface area (Å²) < 4.78 is 25.2. The van der Waals surface area contributed by atoms with Crippen molar-refractivity contribution < 1.29 is 13.9 Å². The molecule has 2 aromatic rings. The predicted octanol–water partition coefficient (Wildman–Crippen LogP) is 4.82. The van der Waals surface area contributed by atoms with Crippen LogP contribution in [0.3, 0.4) is 0 Å². The van der Waals surface area contributed by atoms with Gasteiger partial charge in [0, 0.05) is 15.7 Å². The van der Waals surface area contributed by atoms with Crippen molar-refractivity contribution in [2.45, 2.75) is 13.5 Å². The van der Waals surface area contributed by atoms with Crippen molar-refractivity contribution in [3.8, 4) is 5.75 Å². The van der Waals surface area contributed by atoms with Crippen LogP contribution in [0.2, 0.25) is 0 Å². The van der Waals surface area contributed by atoms with Gasteiger partial charge in [-0.25, -0.2) is 4.39 Å². The van der Waals surface area contributed by atoms with Crippen LogP contribution < -0.4 is 10.1 Å². The first-order valence-electron chi connectivity index (χ1n) is 6.52. The molecule has 0 aliphatic heterocycles. The van der Waals surface area contributed by atoms with Gasteiger partial charge in [-0.2, -0.15) is 0 Å². The minimum absolute atomic E-state index is 0.191. The van der Waals surface area contributed by atoms with Crippen LogP contribution in [0.4, 0.5) is 10.1 Å². The second-order valence-electron chi connectivity index (χ2n) is 4.61. The molecular formula is C16H15BrFNO2S. The van der Waals surface area contributed by atoms with Crippen LogP contribution in [-0.4, -0.2) is 12.3 Å². The first-order valence-corrected chi connectivity index (χ1v) is 7.72. The highest BCUT2D eigenvalue weighted by Crippen LogP contribution is 2.27. The molecule has 2 rings (SSSR count). The molecule has 0 bridgehead atoms. The van der Waals surface area contributed by atoms with Gasteiger partial charge in [-0.3, -0.25) is 0 Å². The Kier molecular flexibility index (Phi) is 5.74. The van der Waals surface area contributed by atoms with Crippen molar-refractivity contribution in [2.24, 2.45) is 0 Å². The van der Waals surface area contributed by atoms with Crippen LogP contribution in [0.5, 0.6) is 5.75 Å². The van der Waals surface area contributed by atoms with E-state index in [0.717, 1.165) is 21.3 Å². The normalized spacial score (nSPS) is 10.2. The standard InChI is InChI=1S/C16H15BrFNO2S/c1-10-6-7-15(13(18)8-10)21-9-11-12(17)4-3-5-14(11)19-16(22)20-2/h3-8H,9H2,1-2H3,(H,19,22). The first-order chi connectivity index (χ1) is 10.5. The largest absolute Gasteiger partial charge is 0.486 e. The third kappa shape index (κ3) is 4.18. The van der Waals surface area contributed by atoms with Gasteiger partial charge in [0.25, 0.3) is 5.17 Å². The third-order valence-electron chi connectivity index (χ3n) is 3.00. The molecule has 2 aromatic carbocycles. The van der Waals surface area contributed by atoms with Crippen molar-refractivity contribution >= 4 is 39.0 Å². The maximum Gasteiger partial charge on any atom is 0.260 e. The van der Waals surface area contributed by atoms with E-state index in [4.69, 9.17) is 21.7 Å². The van der Waals surface area contributed by atoms with E-state index < -0.39 is 0 Å². The van der Waals surface area contributed by atoms with Crippen LogP contribution in [0.25, 0.3) is 0 Å². The summed E-state index contributed by atoms with van der Waals surface area (Å²) in [5.41, 5.74) is 2.41. The van der Waals surface area contributed by atoms with Crippen LogP contribution in [0, 0.1) is 12.7 Å². The number of nitrogens with one attached hydrogen (secondary N) is 1. The summed E-state index contributed by atoms with van der Waals surface area (Å²) in [6, 6.07) is 10.5. The number of aryl methyl sites for hydroxylation is 1. The molecule has 0 aliphatic rings. The molecule has 0 saturated carbocycles. The van der Waals surface area contributed by atoms with Crippen molar-refractivity contribution in [2.75, 3.05) is 12.4 Å². The molecule has 0 spiro atoms. The molecule has 0 aromatic heterocycles. The second-order valence-corrected chi connectivity index (χ2v) is 5.83. The highest BCUT2D eigenvalue weighted by molar-refractivity contribution is 9.10. The molecule has 0 aliphatic carbocycles. The number of methoxy groups -OCH3 is 1. The number of ether oxygens (including phenoxy) is 2. The van der Waals surface area contributed by atoms with Gasteiger partial charge in [0.1, 0.15) is 6.61 Å². The smallest absolute Gasteiger partial charge is 0.260 e. The monoisotopic (exact) mass is 383 g/mol. The van der Waals surface area contributed by atoms with E-state index in [-0.39, 0.29) is 23.3 Å². The van der Waals surface area contributed by atoms with Crippen LogP contribution in [0.1, 0.15) is 11.1 Å². The quantitative estimate of drug-likeness (QED) is 0.766. The lowest BCUT2D eigenvalue weighted by atomic mass is 10.2. The van der Waals surface area contributed by atoms with E-state index in [1.807, 2.05) is 25.1 Å². The maximum atomic E-state index is 13.8. The summed E-state index contributed by atoms with van der Waals surface area (Å²) >= 11 is 8.47. The van der Waals surface area contributed by atoms with Crippen molar-refractivity contribution in [1.29, 1.82) is 0 Å². The highest BCUT2D eigenvalue weighted by Gasteiger charge is 2.11. The van der Waals surface area contributed by atoms with E-state index >= 15 is 0 Å². The number of thiocarbonyl (C=S) groups is 1. The van der Waals surface area contributed by atoms with Crippen LogP contribution >= 0.6 is 28.1 Å². The van der Waals surface area contributed by atoms with E-state index in [0.29, 0.717) is 0 Å². The average molecular weight is 384 g/mol. The third-order valence-corrected chi connectivity index (χ3v) is 4.01. The van der Waals surface area contributed by atoms with Crippen molar-refractivity contribution in [3.63, 3.8) is 0 Å². The van der Waals surface area contributed by atoms with Gasteiger partial charge < -0.3 is 14.8 Å². The van der Waals surface area contributed by atoms with Gasteiger partial charge in [-0.05, 0) is 49.0 Å². The molecule has 0 unspecified atom stereocenters. The highest BCUT2D eigenvalue weighted by atomic mass is 79.9. The topological polar surface area (TPSA) is 30.5 Å². The summed E-state index contributed by atoms with van der Waals surface area (Å²) in [4.78, 5) is 0. The lowest BCUT2D eigenvalue weighted by Gasteiger charge is -2.15. The average Bonchev–Trinajstić information content (AvgIpc) is 2.48. The Hall–Kier alpha value is -1.66. The molecular weight excluding hydrogens is 369 g/mol. The lowest BCUT2D eigenvalue weighted by molar-refractivity contribution is 0.290. The Morgan fingerprint density at radius 1 is 1.32 bits per heavy atom. The Bertz CT molecular complexity index is 694. The zero-order chi connectivity index (χ0) is 16.1.